The first-order chi connectivity index (χ1) is 15.6. The summed E-state index contributed by atoms with van der Waals surface area (Å²) in [5, 5.41) is 5.73. The predicted molar refractivity (Wildman–Crippen MR) is 123 cm³/mol. The Morgan fingerprint density at radius 1 is 1.03 bits per heavy atom. The highest BCUT2D eigenvalue weighted by atomic mass is 16.1. The number of carbonyl (C=O) groups is 1. The number of hydrogen-bond donors (Lipinski definition) is 1. The van der Waals surface area contributed by atoms with Gasteiger partial charge in [-0.2, -0.15) is 5.10 Å². The van der Waals surface area contributed by atoms with Crippen LogP contribution in [0.4, 0.5) is 5.95 Å². The van der Waals surface area contributed by atoms with Crippen LogP contribution in [-0.2, 0) is 6.42 Å². The molecule has 1 aliphatic rings. The standard InChI is InChI=1S/C24H25N7O/c1-2-16-12-27-24(28-13-16)30-9-7-20(8-10-30)31-22-15-26-21(11-19(22)14-29-31)17-3-5-18(6-4-17)23(25)32/h3-6,11-15,20H,2,7-10H2,1H3,(H2,25,32). The number of anilines is 1. The number of hydrogen-bond acceptors (Lipinski definition) is 6. The highest BCUT2D eigenvalue weighted by Gasteiger charge is 2.24. The number of rotatable bonds is 5. The summed E-state index contributed by atoms with van der Waals surface area (Å²) in [6.07, 6.45) is 10.5. The summed E-state index contributed by atoms with van der Waals surface area (Å²) in [7, 11) is 0. The highest BCUT2D eigenvalue weighted by molar-refractivity contribution is 5.93. The van der Waals surface area contributed by atoms with Crippen LogP contribution in [0.1, 0.15) is 41.7 Å². The van der Waals surface area contributed by atoms with E-state index in [4.69, 9.17) is 5.73 Å². The summed E-state index contributed by atoms with van der Waals surface area (Å²) >= 11 is 0. The second-order valence-electron chi connectivity index (χ2n) is 8.12. The molecule has 0 spiro atoms. The van der Waals surface area contributed by atoms with Crippen molar-refractivity contribution in [3.8, 4) is 11.3 Å². The topological polar surface area (TPSA) is 103 Å². The van der Waals surface area contributed by atoms with Crippen molar-refractivity contribution >= 4 is 22.8 Å². The van der Waals surface area contributed by atoms with Crippen LogP contribution in [0.2, 0.25) is 0 Å². The van der Waals surface area contributed by atoms with Crippen LogP contribution in [-0.4, -0.2) is 43.7 Å². The lowest BCUT2D eigenvalue weighted by Crippen LogP contribution is -2.36. The van der Waals surface area contributed by atoms with Gasteiger partial charge >= 0.3 is 0 Å². The van der Waals surface area contributed by atoms with Gasteiger partial charge in [-0.05, 0) is 43.0 Å². The quantitative estimate of drug-likeness (QED) is 0.524. The maximum Gasteiger partial charge on any atom is 0.248 e. The lowest BCUT2D eigenvalue weighted by molar-refractivity contribution is 0.100. The first-order valence-electron chi connectivity index (χ1n) is 10.9. The van der Waals surface area contributed by atoms with Crippen LogP contribution in [0, 0.1) is 0 Å². The molecule has 1 amide bonds. The Hall–Kier alpha value is -3.81. The highest BCUT2D eigenvalue weighted by Crippen LogP contribution is 2.29. The van der Waals surface area contributed by atoms with E-state index in [9.17, 15) is 4.79 Å². The minimum Gasteiger partial charge on any atom is -0.366 e. The van der Waals surface area contributed by atoms with Gasteiger partial charge in [-0.15, -0.1) is 0 Å². The number of aromatic nitrogens is 5. The summed E-state index contributed by atoms with van der Waals surface area (Å²) in [5.41, 5.74) is 9.78. The number of pyridine rings is 1. The molecule has 32 heavy (non-hydrogen) atoms. The molecule has 8 nitrogen and oxygen atoms in total. The van der Waals surface area contributed by atoms with Gasteiger partial charge in [0.05, 0.1) is 29.6 Å². The van der Waals surface area contributed by atoms with E-state index in [2.05, 4.69) is 36.6 Å². The van der Waals surface area contributed by atoms with Gasteiger partial charge in [-0.3, -0.25) is 14.5 Å². The van der Waals surface area contributed by atoms with Gasteiger partial charge in [0.1, 0.15) is 0 Å². The zero-order chi connectivity index (χ0) is 22.1. The molecule has 0 radical (unpaired) electrons. The fourth-order valence-corrected chi connectivity index (χ4v) is 4.20. The van der Waals surface area contributed by atoms with Gasteiger partial charge < -0.3 is 10.6 Å². The molecule has 1 aliphatic heterocycles. The fourth-order valence-electron chi connectivity index (χ4n) is 4.20. The normalized spacial score (nSPS) is 14.7. The SMILES string of the molecule is CCc1cnc(N2CCC(n3ncc4cc(-c5ccc(C(N)=O)cc5)ncc43)CC2)nc1. The van der Waals surface area contributed by atoms with Crippen LogP contribution in [0.3, 0.4) is 0 Å². The van der Waals surface area contributed by atoms with Gasteiger partial charge in [-0.25, -0.2) is 9.97 Å². The Balaban J connectivity index is 1.31. The molecule has 0 bridgehead atoms. The molecule has 0 saturated carbocycles. The molecule has 0 aliphatic carbocycles. The minimum absolute atomic E-state index is 0.321. The molecule has 4 aromatic rings. The smallest absolute Gasteiger partial charge is 0.248 e. The number of benzene rings is 1. The van der Waals surface area contributed by atoms with Gasteiger partial charge in [0.2, 0.25) is 11.9 Å². The second-order valence-corrected chi connectivity index (χ2v) is 8.12. The number of primary amides is 1. The van der Waals surface area contributed by atoms with Crippen molar-refractivity contribution in [2.75, 3.05) is 18.0 Å². The molecule has 162 valence electrons. The summed E-state index contributed by atoms with van der Waals surface area (Å²) in [4.78, 5) is 27.2. The van der Waals surface area contributed by atoms with Crippen molar-refractivity contribution in [1.82, 2.24) is 24.7 Å². The Labute approximate surface area is 186 Å². The van der Waals surface area contributed by atoms with Gasteiger partial charge in [-0.1, -0.05) is 19.1 Å². The third-order valence-corrected chi connectivity index (χ3v) is 6.14. The first-order valence-corrected chi connectivity index (χ1v) is 10.9. The van der Waals surface area contributed by atoms with Crippen LogP contribution in [0.25, 0.3) is 22.2 Å². The van der Waals surface area contributed by atoms with Crippen molar-refractivity contribution < 1.29 is 4.79 Å². The van der Waals surface area contributed by atoms with Crippen molar-refractivity contribution in [3.63, 3.8) is 0 Å². The number of aryl methyl sites for hydroxylation is 1. The van der Waals surface area contributed by atoms with Crippen LogP contribution < -0.4 is 10.6 Å². The Kier molecular flexibility index (Phi) is 5.26. The third-order valence-electron chi connectivity index (χ3n) is 6.14. The number of nitrogens with zero attached hydrogens (tertiary/aromatic N) is 6. The average molecular weight is 428 g/mol. The molecular weight excluding hydrogens is 402 g/mol. The molecule has 4 heterocycles. The van der Waals surface area contributed by atoms with Crippen molar-refractivity contribution in [2.45, 2.75) is 32.2 Å². The predicted octanol–water partition coefficient (Wildman–Crippen LogP) is 3.39. The Morgan fingerprint density at radius 3 is 2.41 bits per heavy atom. The van der Waals surface area contributed by atoms with Crippen LogP contribution in [0.15, 0.2) is 55.1 Å². The van der Waals surface area contributed by atoms with E-state index in [0.717, 1.165) is 66.0 Å². The molecule has 8 heteroatoms. The zero-order valence-corrected chi connectivity index (χ0v) is 18.0. The van der Waals surface area contributed by atoms with E-state index in [1.807, 2.05) is 43.0 Å². The van der Waals surface area contributed by atoms with Crippen LogP contribution in [0.5, 0.6) is 0 Å². The van der Waals surface area contributed by atoms with Crippen LogP contribution >= 0.6 is 0 Å². The maximum atomic E-state index is 11.3. The fraction of sp³-hybridized carbons (Fsp3) is 0.292. The largest absolute Gasteiger partial charge is 0.366 e. The Bertz CT molecular complexity index is 1240. The molecule has 1 saturated heterocycles. The molecule has 2 N–H and O–H groups in total. The van der Waals surface area contributed by atoms with Crippen molar-refractivity contribution in [1.29, 1.82) is 0 Å². The molecule has 1 fully saturated rings. The van der Waals surface area contributed by atoms with E-state index in [-0.39, 0.29) is 0 Å². The first kappa shape index (κ1) is 20.1. The van der Waals surface area contributed by atoms with Crippen molar-refractivity contribution in [3.05, 3.63) is 66.2 Å². The van der Waals surface area contributed by atoms with E-state index in [1.54, 1.807) is 12.1 Å². The summed E-state index contributed by atoms with van der Waals surface area (Å²) in [5.74, 6) is 0.372. The Morgan fingerprint density at radius 2 is 1.75 bits per heavy atom. The van der Waals surface area contributed by atoms with Gasteiger partial charge in [0, 0.05) is 42.0 Å². The monoisotopic (exact) mass is 427 g/mol. The number of carbonyl (C=O) groups excluding carboxylic acids is 1. The third kappa shape index (κ3) is 3.79. The maximum absolute atomic E-state index is 11.3. The number of fused-ring (bicyclic) bond motifs is 1. The summed E-state index contributed by atoms with van der Waals surface area (Å²) in [6.45, 7) is 3.90. The molecule has 3 aromatic heterocycles. The van der Waals surface area contributed by atoms with E-state index in [0.29, 0.717) is 11.6 Å². The minimum atomic E-state index is -0.433. The number of nitrogens with two attached hydrogens (primary N) is 1. The number of amides is 1. The lowest BCUT2D eigenvalue weighted by Gasteiger charge is -2.32. The zero-order valence-electron chi connectivity index (χ0n) is 18.0. The molecule has 0 unspecified atom stereocenters. The second kappa shape index (κ2) is 8.37. The van der Waals surface area contributed by atoms with Crippen molar-refractivity contribution in [2.24, 2.45) is 5.73 Å². The average Bonchev–Trinajstić information content (AvgIpc) is 3.27. The summed E-state index contributed by atoms with van der Waals surface area (Å²) in [6, 6.07) is 9.53. The van der Waals surface area contributed by atoms with E-state index in [1.165, 1.54) is 0 Å². The van der Waals surface area contributed by atoms with E-state index < -0.39 is 5.91 Å². The lowest BCUT2D eigenvalue weighted by atomic mass is 10.0. The van der Waals surface area contributed by atoms with Gasteiger partial charge in [0.25, 0.3) is 0 Å². The van der Waals surface area contributed by atoms with Gasteiger partial charge in [0.15, 0.2) is 0 Å². The molecule has 5 rings (SSSR count). The molecule has 1 aromatic carbocycles. The van der Waals surface area contributed by atoms with E-state index >= 15 is 0 Å². The summed E-state index contributed by atoms with van der Waals surface area (Å²) < 4.78 is 2.10. The molecule has 0 atom stereocenters. The number of piperidine rings is 1. The molecular formula is C24H25N7O.